The number of alkyl halides is 1. The van der Waals surface area contributed by atoms with E-state index in [1.807, 2.05) is 0 Å². The first kappa shape index (κ1) is 14.9. The van der Waals surface area contributed by atoms with Gasteiger partial charge >= 0.3 is 0 Å². The monoisotopic (exact) mass is 302 g/mol. The number of hydrogen-bond donors (Lipinski definition) is 0. The van der Waals surface area contributed by atoms with Crippen LogP contribution in [0.3, 0.4) is 0 Å². The summed E-state index contributed by atoms with van der Waals surface area (Å²) in [4.78, 5) is 0. The van der Waals surface area contributed by atoms with Crippen molar-refractivity contribution < 1.29 is 17.6 Å². The molecular weight excluding hydrogens is 292 g/mol. The maximum atomic E-state index is 13.7. The van der Waals surface area contributed by atoms with Crippen LogP contribution in [0.25, 0.3) is 0 Å². The minimum absolute atomic E-state index is 0.184. The van der Waals surface area contributed by atoms with Gasteiger partial charge in [0.25, 0.3) is 0 Å². The van der Waals surface area contributed by atoms with Crippen LogP contribution in [-0.2, 0) is 0 Å². The fraction of sp³-hybridized carbons (Fsp3) is 0.200. The first-order chi connectivity index (χ1) is 9.32. The Labute approximate surface area is 119 Å². The highest BCUT2D eigenvalue weighted by molar-refractivity contribution is 6.22. The van der Waals surface area contributed by atoms with Crippen molar-refractivity contribution in [3.05, 3.63) is 69.8 Å². The smallest absolute Gasteiger partial charge is 0.194 e. The second kappa shape index (κ2) is 5.44. The zero-order valence-corrected chi connectivity index (χ0v) is 11.5. The molecule has 2 aromatic carbocycles. The predicted molar refractivity (Wildman–Crippen MR) is 69.9 cm³/mol. The molecule has 0 fully saturated rings. The normalized spacial score (nSPS) is 12.6. The van der Waals surface area contributed by atoms with Crippen LogP contribution in [0.15, 0.2) is 24.3 Å². The summed E-state index contributed by atoms with van der Waals surface area (Å²) in [5, 5.41) is -1.02. The van der Waals surface area contributed by atoms with Crippen LogP contribution in [-0.4, -0.2) is 0 Å². The highest BCUT2D eigenvalue weighted by Gasteiger charge is 2.21. The van der Waals surface area contributed by atoms with Crippen molar-refractivity contribution in [1.29, 1.82) is 0 Å². The topological polar surface area (TPSA) is 0 Å². The summed E-state index contributed by atoms with van der Waals surface area (Å²) in [6.45, 7) is 3.11. The van der Waals surface area contributed by atoms with Gasteiger partial charge in [0, 0.05) is 5.56 Å². The third kappa shape index (κ3) is 2.52. The molecule has 5 heteroatoms. The molecule has 0 spiro atoms. The molecule has 0 radical (unpaired) electrons. The molecule has 0 aliphatic carbocycles. The Kier molecular flexibility index (Phi) is 4.04. The van der Waals surface area contributed by atoms with Crippen molar-refractivity contribution in [2.75, 3.05) is 0 Å². The molecule has 106 valence electrons. The lowest BCUT2D eigenvalue weighted by atomic mass is 9.99. The summed E-state index contributed by atoms with van der Waals surface area (Å²) in [6, 6.07) is 4.81. The summed E-state index contributed by atoms with van der Waals surface area (Å²) >= 11 is 6.11. The maximum Gasteiger partial charge on any atom is 0.194 e. The van der Waals surface area contributed by atoms with E-state index in [0.29, 0.717) is 16.7 Å². The highest BCUT2D eigenvalue weighted by atomic mass is 35.5. The van der Waals surface area contributed by atoms with E-state index in [2.05, 4.69) is 0 Å². The van der Waals surface area contributed by atoms with Gasteiger partial charge in [-0.25, -0.2) is 17.6 Å². The molecule has 0 heterocycles. The van der Waals surface area contributed by atoms with Gasteiger partial charge in [-0.05, 0) is 36.6 Å². The van der Waals surface area contributed by atoms with Crippen molar-refractivity contribution in [1.82, 2.24) is 0 Å². The Morgan fingerprint density at radius 1 is 0.850 bits per heavy atom. The lowest BCUT2D eigenvalue weighted by Gasteiger charge is -2.14. The molecule has 0 aromatic heterocycles. The predicted octanol–water partition coefficient (Wildman–Crippen LogP) is 5.19. The van der Waals surface area contributed by atoms with Gasteiger partial charge in [0.2, 0.25) is 0 Å². The number of aryl methyl sites for hydroxylation is 2. The SMILES string of the molecule is Cc1cc(C(Cl)c2ccc(F)c(F)c2F)cc(C)c1F. The van der Waals surface area contributed by atoms with E-state index in [4.69, 9.17) is 11.6 Å². The molecule has 2 rings (SSSR count). The van der Waals surface area contributed by atoms with Crippen molar-refractivity contribution in [2.45, 2.75) is 19.2 Å². The molecule has 0 aliphatic heterocycles. The van der Waals surface area contributed by atoms with Gasteiger partial charge in [0.1, 0.15) is 5.82 Å². The van der Waals surface area contributed by atoms with E-state index in [1.54, 1.807) is 13.8 Å². The van der Waals surface area contributed by atoms with Gasteiger partial charge in [-0.3, -0.25) is 0 Å². The molecule has 0 saturated heterocycles. The summed E-state index contributed by atoms with van der Waals surface area (Å²) in [6.07, 6.45) is 0. The van der Waals surface area contributed by atoms with Gasteiger partial charge < -0.3 is 0 Å². The molecule has 1 atom stereocenters. The van der Waals surface area contributed by atoms with E-state index in [0.717, 1.165) is 12.1 Å². The molecule has 0 N–H and O–H groups in total. The minimum Gasteiger partial charge on any atom is -0.206 e. The second-order valence-electron chi connectivity index (χ2n) is 4.60. The summed E-state index contributed by atoms with van der Waals surface area (Å²) in [5.74, 6) is -4.54. The summed E-state index contributed by atoms with van der Waals surface area (Å²) in [7, 11) is 0. The Morgan fingerprint density at radius 2 is 1.40 bits per heavy atom. The molecule has 0 saturated carbocycles. The Morgan fingerprint density at radius 3 is 1.95 bits per heavy atom. The second-order valence-corrected chi connectivity index (χ2v) is 5.03. The first-order valence-corrected chi connectivity index (χ1v) is 6.30. The number of benzene rings is 2. The molecule has 2 aromatic rings. The summed E-state index contributed by atoms with van der Waals surface area (Å²) < 4.78 is 53.4. The van der Waals surface area contributed by atoms with Crippen LogP contribution in [0.1, 0.15) is 27.6 Å². The van der Waals surface area contributed by atoms with Crippen molar-refractivity contribution >= 4 is 11.6 Å². The molecular formula is C15H11ClF4. The quantitative estimate of drug-likeness (QED) is 0.407. The van der Waals surface area contributed by atoms with Gasteiger partial charge in [-0.2, -0.15) is 0 Å². The van der Waals surface area contributed by atoms with Crippen LogP contribution in [0.2, 0.25) is 0 Å². The van der Waals surface area contributed by atoms with E-state index in [9.17, 15) is 17.6 Å². The highest BCUT2D eigenvalue weighted by Crippen LogP contribution is 2.33. The van der Waals surface area contributed by atoms with Crippen molar-refractivity contribution in [3.8, 4) is 0 Å². The minimum atomic E-state index is -1.57. The Hall–Kier alpha value is -1.55. The van der Waals surface area contributed by atoms with Crippen molar-refractivity contribution in [3.63, 3.8) is 0 Å². The lowest BCUT2D eigenvalue weighted by Crippen LogP contribution is -2.03. The van der Waals surface area contributed by atoms with Gasteiger partial charge in [-0.1, -0.05) is 18.2 Å². The standard InChI is InChI=1S/C15H11ClF4/c1-7-5-9(6-8(2)13(7)18)12(16)10-3-4-11(17)15(20)14(10)19/h3-6,12H,1-2H3. The van der Waals surface area contributed by atoms with E-state index < -0.39 is 22.8 Å². The van der Waals surface area contributed by atoms with E-state index in [-0.39, 0.29) is 11.4 Å². The third-order valence-corrected chi connectivity index (χ3v) is 3.58. The van der Waals surface area contributed by atoms with E-state index in [1.165, 1.54) is 12.1 Å². The molecule has 0 nitrogen and oxygen atoms in total. The van der Waals surface area contributed by atoms with Crippen LogP contribution < -0.4 is 0 Å². The van der Waals surface area contributed by atoms with Crippen LogP contribution in [0.4, 0.5) is 17.6 Å². The van der Waals surface area contributed by atoms with E-state index >= 15 is 0 Å². The first-order valence-electron chi connectivity index (χ1n) is 5.87. The lowest BCUT2D eigenvalue weighted by molar-refractivity contribution is 0.441. The third-order valence-electron chi connectivity index (χ3n) is 3.09. The van der Waals surface area contributed by atoms with Crippen LogP contribution in [0.5, 0.6) is 0 Å². The number of hydrogen-bond acceptors (Lipinski definition) is 0. The molecule has 0 bridgehead atoms. The number of rotatable bonds is 2. The average Bonchev–Trinajstić information content (AvgIpc) is 2.41. The largest absolute Gasteiger partial charge is 0.206 e. The summed E-state index contributed by atoms with van der Waals surface area (Å²) in [5.41, 5.74) is 0.950. The Balaban J connectivity index is 2.52. The molecule has 0 amide bonds. The maximum absolute atomic E-state index is 13.7. The van der Waals surface area contributed by atoms with Crippen molar-refractivity contribution in [2.24, 2.45) is 0 Å². The van der Waals surface area contributed by atoms with Crippen LogP contribution in [0, 0.1) is 37.1 Å². The average molecular weight is 303 g/mol. The molecule has 0 aliphatic rings. The molecule has 1 unspecified atom stereocenters. The number of halogens is 5. The van der Waals surface area contributed by atoms with Gasteiger partial charge in [0.15, 0.2) is 17.5 Å². The van der Waals surface area contributed by atoms with Crippen LogP contribution >= 0.6 is 11.6 Å². The van der Waals surface area contributed by atoms with Gasteiger partial charge in [0.05, 0.1) is 5.38 Å². The zero-order chi connectivity index (χ0) is 15.0. The molecule has 20 heavy (non-hydrogen) atoms. The fourth-order valence-corrected chi connectivity index (χ4v) is 2.34. The van der Waals surface area contributed by atoms with Gasteiger partial charge in [-0.15, -0.1) is 11.6 Å². The Bertz CT molecular complexity index is 644. The zero-order valence-electron chi connectivity index (χ0n) is 10.8. The fourth-order valence-electron chi connectivity index (χ4n) is 2.04.